The van der Waals surface area contributed by atoms with E-state index in [0.717, 1.165) is 18.5 Å². The van der Waals surface area contributed by atoms with Gasteiger partial charge in [0.1, 0.15) is 0 Å². The summed E-state index contributed by atoms with van der Waals surface area (Å²) in [4.78, 5) is 13.9. The van der Waals surface area contributed by atoms with Crippen LogP contribution in [0.25, 0.3) is 0 Å². The molecule has 0 saturated heterocycles. The Morgan fingerprint density at radius 2 is 1.94 bits per heavy atom. The van der Waals surface area contributed by atoms with E-state index in [1.807, 2.05) is 44.4 Å². The maximum Gasteiger partial charge on any atom is 0.246 e. The van der Waals surface area contributed by atoms with Gasteiger partial charge in [0.05, 0.1) is 0 Å². The molecule has 0 aromatic heterocycles. The summed E-state index contributed by atoms with van der Waals surface area (Å²) in [5.74, 6) is -0.0439. The molecule has 0 saturated carbocycles. The highest BCUT2D eigenvalue weighted by molar-refractivity contribution is 5.93. The molecule has 0 atom stereocenters. The molecule has 1 rings (SSSR count). The maximum absolute atomic E-state index is 11.8. The lowest BCUT2D eigenvalue weighted by atomic mass is 10.1. The average molecular weight is 246 g/mol. The Morgan fingerprint density at radius 3 is 2.56 bits per heavy atom. The van der Waals surface area contributed by atoms with Crippen LogP contribution in [-0.2, 0) is 11.2 Å². The van der Waals surface area contributed by atoms with Gasteiger partial charge in [-0.3, -0.25) is 4.79 Å². The highest BCUT2D eigenvalue weighted by atomic mass is 16.1. The van der Waals surface area contributed by atoms with Crippen molar-refractivity contribution in [2.24, 2.45) is 0 Å². The smallest absolute Gasteiger partial charge is 0.246 e. The molecule has 1 aromatic rings. The Morgan fingerprint density at radius 1 is 1.28 bits per heavy atom. The van der Waals surface area contributed by atoms with E-state index in [9.17, 15) is 4.79 Å². The zero-order valence-electron chi connectivity index (χ0n) is 11.3. The number of hydrogen-bond donors (Lipinski definition) is 1. The molecule has 1 amide bonds. The van der Waals surface area contributed by atoms with Gasteiger partial charge in [-0.05, 0) is 32.6 Å². The second-order valence-electron chi connectivity index (χ2n) is 4.68. The highest BCUT2D eigenvalue weighted by Gasteiger charge is 2.06. The normalized spacial score (nSPS) is 10.4. The van der Waals surface area contributed by atoms with Crippen molar-refractivity contribution < 1.29 is 4.79 Å². The van der Waals surface area contributed by atoms with Gasteiger partial charge in [0.15, 0.2) is 0 Å². The van der Waals surface area contributed by atoms with Crippen LogP contribution in [-0.4, -0.2) is 38.0 Å². The van der Waals surface area contributed by atoms with E-state index in [1.165, 1.54) is 0 Å². The molecule has 0 aliphatic heterocycles. The molecule has 18 heavy (non-hydrogen) atoms. The predicted molar refractivity (Wildman–Crippen MR) is 75.5 cm³/mol. The van der Waals surface area contributed by atoms with E-state index in [2.05, 4.69) is 16.8 Å². The summed E-state index contributed by atoms with van der Waals surface area (Å²) >= 11 is 0. The summed E-state index contributed by atoms with van der Waals surface area (Å²) in [7, 11) is 4.05. The molecule has 0 unspecified atom stereocenters. The van der Waals surface area contributed by atoms with Crippen molar-refractivity contribution in [3.05, 3.63) is 48.0 Å². The summed E-state index contributed by atoms with van der Waals surface area (Å²) in [6.07, 6.45) is 1.57. The molecular weight excluding hydrogens is 224 g/mol. The summed E-state index contributed by atoms with van der Waals surface area (Å²) in [5.41, 5.74) is 1.73. The summed E-state index contributed by atoms with van der Waals surface area (Å²) in [6.45, 7) is 5.52. The van der Waals surface area contributed by atoms with E-state index >= 15 is 0 Å². The van der Waals surface area contributed by atoms with E-state index in [0.29, 0.717) is 18.5 Å². The van der Waals surface area contributed by atoms with Crippen LogP contribution < -0.4 is 5.32 Å². The van der Waals surface area contributed by atoms with E-state index < -0.39 is 0 Å². The van der Waals surface area contributed by atoms with Crippen LogP contribution in [0.5, 0.6) is 0 Å². The molecule has 0 radical (unpaired) electrons. The van der Waals surface area contributed by atoms with Gasteiger partial charge in [-0.1, -0.05) is 36.9 Å². The lowest BCUT2D eigenvalue weighted by Gasteiger charge is -2.10. The molecule has 0 heterocycles. The molecule has 3 nitrogen and oxygen atoms in total. The molecule has 0 fully saturated rings. The lowest BCUT2D eigenvalue weighted by molar-refractivity contribution is -0.117. The second-order valence-corrected chi connectivity index (χ2v) is 4.68. The van der Waals surface area contributed by atoms with Crippen LogP contribution in [0, 0.1) is 0 Å². The minimum absolute atomic E-state index is 0.0439. The lowest BCUT2D eigenvalue weighted by Crippen LogP contribution is -2.28. The third-order valence-corrected chi connectivity index (χ3v) is 2.65. The molecule has 0 aliphatic carbocycles. The number of nitrogens with one attached hydrogen (secondary N) is 1. The first-order chi connectivity index (χ1) is 8.59. The van der Waals surface area contributed by atoms with Crippen molar-refractivity contribution in [2.45, 2.75) is 12.8 Å². The van der Waals surface area contributed by atoms with Gasteiger partial charge in [0, 0.05) is 18.5 Å². The third-order valence-electron chi connectivity index (χ3n) is 2.65. The molecule has 3 heteroatoms. The average Bonchev–Trinajstić information content (AvgIpc) is 2.35. The van der Waals surface area contributed by atoms with Crippen molar-refractivity contribution in [1.29, 1.82) is 0 Å². The Balaban J connectivity index is 2.27. The van der Waals surface area contributed by atoms with Crippen LogP contribution in [0.3, 0.4) is 0 Å². The zero-order valence-corrected chi connectivity index (χ0v) is 11.3. The van der Waals surface area contributed by atoms with Crippen LogP contribution in [0.1, 0.15) is 12.0 Å². The monoisotopic (exact) mass is 246 g/mol. The molecule has 0 bridgehead atoms. The fourth-order valence-corrected chi connectivity index (χ4v) is 1.64. The molecule has 0 aliphatic rings. The van der Waals surface area contributed by atoms with Crippen molar-refractivity contribution >= 4 is 5.91 Å². The quantitative estimate of drug-likeness (QED) is 0.588. The van der Waals surface area contributed by atoms with Gasteiger partial charge in [0.25, 0.3) is 0 Å². The van der Waals surface area contributed by atoms with Gasteiger partial charge in [0.2, 0.25) is 5.91 Å². The summed E-state index contributed by atoms with van der Waals surface area (Å²) < 4.78 is 0. The minimum atomic E-state index is -0.0439. The SMILES string of the molecule is C=C(Cc1ccccc1)C(=O)NCCCN(C)C. The standard InChI is InChI=1S/C15H22N2O/c1-13(12-14-8-5-4-6-9-14)15(18)16-10-7-11-17(2)3/h4-6,8-9H,1,7,10-12H2,2-3H3,(H,16,18). The molecule has 98 valence electrons. The number of amides is 1. The zero-order chi connectivity index (χ0) is 13.4. The topological polar surface area (TPSA) is 32.3 Å². The van der Waals surface area contributed by atoms with Crippen molar-refractivity contribution in [3.63, 3.8) is 0 Å². The van der Waals surface area contributed by atoms with E-state index in [4.69, 9.17) is 0 Å². The van der Waals surface area contributed by atoms with E-state index in [-0.39, 0.29) is 5.91 Å². The third kappa shape index (κ3) is 5.64. The van der Waals surface area contributed by atoms with Crippen LogP contribution in [0.4, 0.5) is 0 Å². The number of rotatable bonds is 7. The molecular formula is C15H22N2O. The Kier molecular flexibility index (Phi) is 6.15. The van der Waals surface area contributed by atoms with Gasteiger partial charge in [-0.25, -0.2) is 0 Å². The predicted octanol–water partition coefficient (Wildman–Crippen LogP) is 1.85. The minimum Gasteiger partial charge on any atom is -0.352 e. The fraction of sp³-hybridized carbons (Fsp3) is 0.400. The Labute approximate surface area is 109 Å². The first-order valence-electron chi connectivity index (χ1n) is 6.24. The summed E-state index contributed by atoms with van der Waals surface area (Å²) in [5, 5.41) is 2.89. The maximum atomic E-state index is 11.8. The van der Waals surface area contributed by atoms with Gasteiger partial charge >= 0.3 is 0 Å². The van der Waals surface area contributed by atoms with Crippen molar-refractivity contribution in [1.82, 2.24) is 10.2 Å². The van der Waals surface area contributed by atoms with Crippen LogP contribution in [0.15, 0.2) is 42.5 Å². The number of hydrogen-bond acceptors (Lipinski definition) is 2. The first-order valence-corrected chi connectivity index (χ1v) is 6.24. The fourth-order valence-electron chi connectivity index (χ4n) is 1.64. The van der Waals surface area contributed by atoms with Crippen LogP contribution in [0.2, 0.25) is 0 Å². The summed E-state index contributed by atoms with van der Waals surface area (Å²) in [6, 6.07) is 9.91. The van der Waals surface area contributed by atoms with Crippen molar-refractivity contribution in [3.8, 4) is 0 Å². The molecule has 1 aromatic carbocycles. The number of nitrogens with zero attached hydrogens (tertiary/aromatic N) is 1. The highest BCUT2D eigenvalue weighted by Crippen LogP contribution is 2.05. The van der Waals surface area contributed by atoms with E-state index in [1.54, 1.807) is 0 Å². The second kappa shape index (κ2) is 7.67. The first kappa shape index (κ1) is 14.5. The number of benzene rings is 1. The molecule has 0 spiro atoms. The van der Waals surface area contributed by atoms with Gasteiger partial charge in [-0.2, -0.15) is 0 Å². The van der Waals surface area contributed by atoms with Gasteiger partial charge < -0.3 is 10.2 Å². The number of carbonyl (C=O) groups excluding carboxylic acids is 1. The Bertz CT molecular complexity index is 385. The van der Waals surface area contributed by atoms with Crippen molar-refractivity contribution in [2.75, 3.05) is 27.2 Å². The van der Waals surface area contributed by atoms with Gasteiger partial charge in [-0.15, -0.1) is 0 Å². The largest absolute Gasteiger partial charge is 0.352 e. The van der Waals surface area contributed by atoms with Crippen LogP contribution >= 0.6 is 0 Å². The number of carbonyl (C=O) groups is 1. The Hall–Kier alpha value is -1.61. The molecule has 1 N–H and O–H groups in total.